The number of carbonyl (C=O) groups excluding carboxylic acids is 1. The molecule has 0 rings (SSSR count). The smallest absolute Gasteiger partial charge is 0.469 e. The van der Waals surface area contributed by atoms with Gasteiger partial charge < -0.3 is 18.0 Å². The molecule has 0 bridgehead atoms. The van der Waals surface area contributed by atoms with Gasteiger partial charge in [0.2, 0.25) is 0 Å². The highest BCUT2D eigenvalue weighted by Gasteiger charge is 2.51. The lowest BCUT2D eigenvalue weighted by atomic mass is 10.1. The Balaban J connectivity index is 4.35. The van der Waals surface area contributed by atoms with Crippen LogP contribution in [0.15, 0.2) is 0 Å². The molecule has 1 atom stereocenters. The zero-order valence-corrected chi connectivity index (χ0v) is 15.3. The maximum atomic E-state index is 12.0. The zero-order chi connectivity index (χ0) is 16.1. The number of ether oxygens (including phenoxy) is 1. The van der Waals surface area contributed by atoms with Gasteiger partial charge in [-0.15, -0.1) is 0 Å². The normalized spacial score (nSPS) is 13.2. The molecule has 126 valence electrons. The molecule has 6 heteroatoms. The van der Waals surface area contributed by atoms with Gasteiger partial charge in [-0.2, -0.15) is 0 Å². The topological polar surface area (TPSA) is 54.0 Å². The fourth-order valence-electron chi connectivity index (χ4n) is 2.56. The van der Waals surface area contributed by atoms with Gasteiger partial charge in [0.05, 0.1) is 7.11 Å². The van der Waals surface area contributed by atoms with Crippen LogP contribution in [-0.2, 0) is 22.8 Å². The third kappa shape index (κ3) is 6.91. The van der Waals surface area contributed by atoms with Gasteiger partial charge in [0.1, 0.15) is 5.54 Å². The van der Waals surface area contributed by atoms with E-state index in [1.54, 1.807) is 0 Å². The van der Waals surface area contributed by atoms with Gasteiger partial charge in [0.25, 0.3) is 0 Å². The Morgan fingerprint density at radius 3 is 1.76 bits per heavy atom. The van der Waals surface area contributed by atoms with Crippen LogP contribution in [0.2, 0.25) is 5.54 Å². The molecule has 0 aliphatic heterocycles. The number of methoxy groups -OCH3 is 1. The minimum atomic E-state index is -2.99. The van der Waals surface area contributed by atoms with Gasteiger partial charge >= 0.3 is 14.8 Å². The third-order valence-corrected chi connectivity index (χ3v) is 6.95. The summed E-state index contributed by atoms with van der Waals surface area (Å²) >= 11 is 0. The second-order valence-electron chi connectivity index (χ2n) is 5.20. The zero-order valence-electron chi connectivity index (χ0n) is 14.3. The fourth-order valence-corrected chi connectivity index (χ4v) is 4.88. The molecular weight excluding hydrogens is 288 g/mol. The number of hydrogen-bond acceptors (Lipinski definition) is 5. The molecule has 0 radical (unpaired) electrons. The lowest BCUT2D eigenvalue weighted by Crippen LogP contribution is -2.50. The van der Waals surface area contributed by atoms with E-state index in [9.17, 15) is 4.79 Å². The van der Waals surface area contributed by atoms with E-state index in [1.807, 2.05) is 0 Å². The Morgan fingerprint density at radius 1 is 0.857 bits per heavy atom. The molecule has 0 aromatic heterocycles. The number of hydrogen-bond donors (Lipinski definition) is 0. The van der Waals surface area contributed by atoms with Crippen LogP contribution in [0.4, 0.5) is 0 Å². The lowest BCUT2D eigenvalue weighted by molar-refractivity contribution is -0.142. The summed E-state index contributed by atoms with van der Waals surface area (Å²) in [6.45, 7) is 2.21. The molecule has 0 spiro atoms. The first-order valence-electron chi connectivity index (χ1n) is 7.85. The van der Waals surface area contributed by atoms with Crippen molar-refractivity contribution in [2.24, 2.45) is 0 Å². The highest BCUT2D eigenvalue weighted by molar-refractivity contribution is 6.66. The van der Waals surface area contributed by atoms with Gasteiger partial charge in [0.15, 0.2) is 0 Å². The Labute approximate surface area is 130 Å². The van der Waals surface area contributed by atoms with Crippen molar-refractivity contribution < 1.29 is 22.8 Å². The van der Waals surface area contributed by atoms with Crippen LogP contribution in [0.25, 0.3) is 0 Å². The molecule has 5 nitrogen and oxygen atoms in total. The minimum absolute atomic E-state index is 0.307. The standard InChI is InChI=1S/C15H32O5Si/c1-6-7-8-9-10-11-12-13-14(15(16)17-2)21(18-3,19-4)20-5/h14H,6-13H2,1-5H3. The van der Waals surface area contributed by atoms with E-state index in [1.165, 1.54) is 60.5 Å². The second-order valence-corrected chi connectivity index (χ2v) is 8.33. The van der Waals surface area contributed by atoms with Gasteiger partial charge in [-0.25, -0.2) is 0 Å². The van der Waals surface area contributed by atoms with E-state index >= 15 is 0 Å². The van der Waals surface area contributed by atoms with Crippen molar-refractivity contribution in [1.29, 1.82) is 0 Å². The molecule has 0 aromatic rings. The first-order valence-corrected chi connectivity index (χ1v) is 9.65. The maximum Gasteiger partial charge on any atom is 0.514 e. The van der Waals surface area contributed by atoms with E-state index in [-0.39, 0.29) is 5.97 Å². The van der Waals surface area contributed by atoms with Crippen LogP contribution in [0.1, 0.15) is 58.3 Å². The third-order valence-electron chi connectivity index (χ3n) is 3.86. The predicted molar refractivity (Wildman–Crippen MR) is 85.2 cm³/mol. The molecule has 0 N–H and O–H groups in total. The molecule has 0 heterocycles. The Morgan fingerprint density at radius 2 is 1.33 bits per heavy atom. The molecule has 0 aromatic carbocycles. The van der Waals surface area contributed by atoms with Crippen molar-refractivity contribution in [2.45, 2.75) is 63.8 Å². The molecule has 0 amide bonds. The first kappa shape index (κ1) is 20.6. The number of carbonyl (C=O) groups is 1. The highest BCUT2D eigenvalue weighted by atomic mass is 28.4. The van der Waals surface area contributed by atoms with Crippen molar-refractivity contribution in [2.75, 3.05) is 28.4 Å². The fraction of sp³-hybridized carbons (Fsp3) is 0.933. The SMILES string of the molecule is CCCCCCCCCC(C(=O)OC)[Si](OC)(OC)OC. The quantitative estimate of drug-likeness (QED) is 0.295. The Kier molecular flexibility index (Phi) is 11.9. The van der Waals surface area contributed by atoms with Crippen molar-refractivity contribution >= 4 is 14.8 Å². The summed E-state index contributed by atoms with van der Waals surface area (Å²) in [7, 11) is 2.99. The highest BCUT2D eigenvalue weighted by Crippen LogP contribution is 2.31. The molecule has 0 saturated carbocycles. The van der Waals surface area contributed by atoms with Crippen molar-refractivity contribution in [3.05, 3.63) is 0 Å². The minimum Gasteiger partial charge on any atom is -0.469 e. The Bertz CT molecular complexity index is 261. The van der Waals surface area contributed by atoms with E-state index in [4.69, 9.17) is 18.0 Å². The molecule has 1 unspecified atom stereocenters. The number of rotatable bonds is 13. The summed E-state index contributed by atoms with van der Waals surface area (Å²) in [5, 5.41) is 0. The molecule has 0 fully saturated rings. The van der Waals surface area contributed by atoms with Crippen LogP contribution in [-0.4, -0.2) is 43.2 Å². The molecule has 0 aliphatic rings. The van der Waals surface area contributed by atoms with Gasteiger partial charge in [-0.3, -0.25) is 4.79 Å². The van der Waals surface area contributed by atoms with E-state index in [0.717, 1.165) is 12.8 Å². The van der Waals surface area contributed by atoms with Crippen LogP contribution in [0.3, 0.4) is 0 Å². The first-order chi connectivity index (χ1) is 10.1. The van der Waals surface area contributed by atoms with Crippen LogP contribution in [0.5, 0.6) is 0 Å². The molecule has 21 heavy (non-hydrogen) atoms. The summed E-state index contributed by atoms with van der Waals surface area (Å²) in [6, 6.07) is 0. The largest absolute Gasteiger partial charge is 0.514 e. The van der Waals surface area contributed by atoms with Crippen molar-refractivity contribution in [1.82, 2.24) is 0 Å². The summed E-state index contributed by atoms with van der Waals surface area (Å²) in [4.78, 5) is 12.0. The van der Waals surface area contributed by atoms with Crippen LogP contribution in [0, 0.1) is 0 Å². The van der Waals surface area contributed by atoms with Crippen LogP contribution < -0.4 is 0 Å². The summed E-state index contributed by atoms with van der Waals surface area (Å²) in [5.41, 5.74) is -0.446. The average Bonchev–Trinajstić information content (AvgIpc) is 2.53. The molecule has 0 saturated heterocycles. The summed E-state index contributed by atoms with van der Waals surface area (Å²) in [6.07, 6.45) is 9.07. The second kappa shape index (κ2) is 12.1. The van der Waals surface area contributed by atoms with E-state index < -0.39 is 14.3 Å². The van der Waals surface area contributed by atoms with Crippen molar-refractivity contribution in [3.8, 4) is 0 Å². The Hall–Kier alpha value is -0.433. The maximum absolute atomic E-state index is 12.0. The van der Waals surface area contributed by atoms with Crippen LogP contribution >= 0.6 is 0 Å². The van der Waals surface area contributed by atoms with Gasteiger partial charge in [0, 0.05) is 21.3 Å². The average molecular weight is 321 g/mol. The molecular formula is C15H32O5Si. The van der Waals surface area contributed by atoms with Gasteiger partial charge in [-0.1, -0.05) is 51.9 Å². The number of unbranched alkanes of at least 4 members (excludes halogenated alkanes) is 6. The lowest BCUT2D eigenvalue weighted by Gasteiger charge is -2.30. The molecule has 0 aliphatic carbocycles. The van der Waals surface area contributed by atoms with Crippen molar-refractivity contribution in [3.63, 3.8) is 0 Å². The monoisotopic (exact) mass is 320 g/mol. The van der Waals surface area contributed by atoms with E-state index in [0.29, 0.717) is 6.42 Å². The van der Waals surface area contributed by atoms with Gasteiger partial charge in [-0.05, 0) is 6.42 Å². The number of esters is 1. The predicted octanol–water partition coefficient (Wildman–Crippen LogP) is 3.55. The summed E-state index contributed by atoms with van der Waals surface area (Å²) in [5.74, 6) is -0.307. The van der Waals surface area contributed by atoms with E-state index in [2.05, 4.69) is 6.92 Å². The summed E-state index contributed by atoms with van der Waals surface area (Å²) < 4.78 is 21.2.